The minimum absolute atomic E-state index is 0.0635. The second-order valence-electron chi connectivity index (χ2n) is 12.3. The lowest BCUT2D eigenvalue weighted by molar-refractivity contribution is 0.583. The van der Waals surface area contributed by atoms with E-state index in [2.05, 4.69) is 27.7 Å². The average molecular weight is 549 g/mol. The molecule has 0 amide bonds. The van der Waals surface area contributed by atoms with Gasteiger partial charge in [0.1, 0.15) is 0 Å². The predicted octanol–water partition coefficient (Wildman–Crippen LogP) is 8.63. The lowest BCUT2D eigenvalue weighted by Gasteiger charge is -2.25. The lowest BCUT2D eigenvalue weighted by atomic mass is 9.89. The van der Waals surface area contributed by atoms with Crippen LogP contribution >= 0.6 is 0 Å². The topological polar surface area (TPSA) is 68.3 Å². The molecule has 0 atom stereocenters. The second-order valence-corrected chi connectivity index (χ2v) is 16.6. The summed E-state index contributed by atoms with van der Waals surface area (Å²) in [7, 11) is -8.32. The molecule has 0 unspecified atom stereocenters. The van der Waals surface area contributed by atoms with E-state index in [9.17, 15) is 16.8 Å². The highest BCUT2D eigenvalue weighted by atomic mass is 32.3. The van der Waals surface area contributed by atoms with Crippen molar-refractivity contribution < 1.29 is 16.8 Å². The SMILES string of the molecule is CC(C)c1cc(C(C)C)c(S(=O)(=O)CS(=O)(=O)c2c(C(C)C)cc(C(C)C)cc2C(C)C)c(C(C)C)c1. The summed E-state index contributed by atoms with van der Waals surface area (Å²) in [5, 5.41) is -0.930. The van der Waals surface area contributed by atoms with Gasteiger partial charge in [0.05, 0.1) is 9.79 Å². The minimum atomic E-state index is -4.16. The molecule has 2 aromatic carbocycles. The number of hydrogen-bond acceptors (Lipinski definition) is 4. The van der Waals surface area contributed by atoms with Gasteiger partial charge in [-0.05, 0) is 68.9 Å². The summed E-state index contributed by atoms with van der Waals surface area (Å²) in [5.41, 5.74) is 4.95. The van der Waals surface area contributed by atoms with Gasteiger partial charge < -0.3 is 0 Å². The van der Waals surface area contributed by atoms with Crippen molar-refractivity contribution in [3.05, 3.63) is 57.6 Å². The molecule has 0 aromatic heterocycles. The van der Waals surface area contributed by atoms with E-state index in [1.54, 1.807) is 0 Å². The van der Waals surface area contributed by atoms with Gasteiger partial charge in [-0.25, -0.2) is 16.8 Å². The standard InChI is InChI=1S/C31H48O4S2/c1-18(2)24-13-26(20(5)6)30(27(14-24)21(7)8)36(32,33)17-37(34,35)31-28(22(9)10)15-25(19(3)4)16-29(31)23(11)12/h13-16,18-23H,17H2,1-12H3. The van der Waals surface area contributed by atoms with Crippen LogP contribution in [0.1, 0.15) is 152 Å². The first-order chi connectivity index (χ1) is 16.8. The molecule has 2 aromatic rings. The van der Waals surface area contributed by atoms with Crippen LogP contribution in [-0.4, -0.2) is 21.9 Å². The molecule has 2 rings (SSSR count). The van der Waals surface area contributed by atoms with Gasteiger partial charge in [0.15, 0.2) is 24.8 Å². The smallest absolute Gasteiger partial charge is 0.193 e. The molecule has 0 spiro atoms. The molecular formula is C31H48O4S2. The zero-order valence-corrected chi connectivity index (χ0v) is 26.6. The van der Waals surface area contributed by atoms with E-state index in [4.69, 9.17) is 0 Å². The van der Waals surface area contributed by atoms with E-state index in [1.165, 1.54) is 0 Å². The summed E-state index contributed by atoms with van der Waals surface area (Å²) in [5.74, 6) is 0.213. The highest BCUT2D eigenvalue weighted by Crippen LogP contribution is 2.39. The van der Waals surface area contributed by atoms with Crippen LogP contribution in [-0.2, 0) is 19.7 Å². The Kier molecular flexibility index (Phi) is 9.90. The van der Waals surface area contributed by atoms with E-state index in [1.807, 2.05) is 79.7 Å². The van der Waals surface area contributed by atoms with Crippen LogP contribution in [0.15, 0.2) is 34.1 Å². The van der Waals surface area contributed by atoms with E-state index >= 15 is 0 Å². The molecule has 0 saturated heterocycles. The van der Waals surface area contributed by atoms with Crippen LogP contribution in [0.2, 0.25) is 0 Å². The van der Waals surface area contributed by atoms with Crippen molar-refractivity contribution in [1.29, 1.82) is 0 Å². The summed E-state index contributed by atoms with van der Waals surface area (Å²) >= 11 is 0. The maximum atomic E-state index is 14.1. The molecular weight excluding hydrogens is 500 g/mol. The molecule has 0 aliphatic rings. The Labute approximate surface area is 227 Å². The molecule has 0 heterocycles. The molecule has 0 N–H and O–H groups in total. The van der Waals surface area contributed by atoms with Crippen LogP contribution in [0.3, 0.4) is 0 Å². The Morgan fingerprint density at radius 2 is 0.649 bits per heavy atom. The summed E-state index contributed by atoms with van der Waals surface area (Å²) in [6.45, 7) is 24.1. The summed E-state index contributed by atoms with van der Waals surface area (Å²) < 4.78 is 56.4. The first-order valence-corrected chi connectivity index (χ1v) is 16.9. The fourth-order valence-corrected chi connectivity index (χ4v) is 10.0. The lowest BCUT2D eigenvalue weighted by Crippen LogP contribution is -2.23. The van der Waals surface area contributed by atoms with Crippen molar-refractivity contribution in [1.82, 2.24) is 0 Å². The Bertz CT molecular complexity index is 1170. The van der Waals surface area contributed by atoms with Crippen LogP contribution in [0.25, 0.3) is 0 Å². The normalized spacial score (nSPS) is 13.2. The maximum absolute atomic E-state index is 14.1. The first-order valence-electron chi connectivity index (χ1n) is 13.6. The largest absolute Gasteiger partial charge is 0.223 e. The molecule has 6 heteroatoms. The van der Waals surface area contributed by atoms with Crippen molar-refractivity contribution in [3.63, 3.8) is 0 Å². The van der Waals surface area contributed by atoms with Crippen molar-refractivity contribution in [2.45, 2.75) is 128 Å². The first kappa shape index (κ1) is 31.6. The number of hydrogen-bond donors (Lipinski definition) is 0. The fourth-order valence-electron chi connectivity index (χ4n) is 4.82. The minimum Gasteiger partial charge on any atom is -0.223 e. The van der Waals surface area contributed by atoms with Crippen LogP contribution in [0.4, 0.5) is 0 Å². The van der Waals surface area contributed by atoms with Crippen LogP contribution < -0.4 is 0 Å². The summed E-state index contributed by atoms with van der Waals surface area (Å²) in [6, 6.07) is 7.82. The molecule has 0 bridgehead atoms. The predicted molar refractivity (Wildman–Crippen MR) is 157 cm³/mol. The third-order valence-corrected chi connectivity index (χ3v) is 11.8. The summed E-state index contributed by atoms with van der Waals surface area (Å²) in [6.07, 6.45) is 0. The van der Waals surface area contributed by atoms with Crippen LogP contribution in [0.5, 0.6) is 0 Å². The van der Waals surface area contributed by atoms with Crippen molar-refractivity contribution in [2.75, 3.05) is 5.08 Å². The van der Waals surface area contributed by atoms with E-state index in [-0.39, 0.29) is 45.3 Å². The second kappa shape index (κ2) is 11.6. The Hall–Kier alpha value is -1.66. The molecule has 4 nitrogen and oxygen atoms in total. The molecule has 0 saturated carbocycles. The number of benzene rings is 2. The molecule has 37 heavy (non-hydrogen) atoms. The van der Waals surface area contributed by atoms with Gasteiger partial charge in [-0.2, -0.15) is 0 Å². The van der Waals surface area contributed by atoms with Gasteiger partial charge in [0, 0.05) is 0 Å². The molecule has 0 fully saturated rings. The molecule has 0 aliphatic heterocycles. The van der Waals surface area contributed by atoms with Gasteiger partial charge in [-0.1, -0.05) is 107 Å². The fraction of sp³-hybridized carbons (Fsp3) is 0.613. The molecule has 0 aliphatic carbocycles. The van der Waals surface area contributed by atoms with Crippen molar-refractivity contribution in [2.24, 2.45) is 0 Å². The van der Waals surface area contributed by atoms with E-state index in [0.29, 0.717) is 22.3 Å². The average Bonchev–Trinajstić information content (AvgIpc) is 2.75. The molecule has 0 radical (unpaired) electrons. The van der Waals surface area contributed by atoms with Crippen LogP contribution in [0, 0.1) is 0 Å². The number of rotatable bonds is 10. The van der Waals surface area contributed by atoms with Gasteiger partial charge in [0.2, 0.25) is 0 Å². The Morgan fingerprint density at radius 1 is 0.432 bits per heavy atom. The van der Waals surface area contributed by atoms with E-state index in [0.717, 1.165) is 11.1 Å². The number of sulfone groups is 2. The highest BCUT2D eigenvalue weighted by molar-refractivity contribution is 8.08. The quantitative estimate of drug-likeness (QED) is 0.298. The van der Waals surface area contributed by atoms with Gasteiger partial charge in [0.25, 0.3) is 0 Å². The Balaban J connectivity index is 2.88. The molecule has 208 valence electrons. The third kappa shape index (κ3) is 6.86. The maximum Gasteiger partial charge on any atom is 0.193 e. The monoisotopic (exact) mass is 548 g/mol. The summed E-state index contributed by atoms with van der Waals surface area (Å²) in [4.78, 5) is 0.392. The zero-order chi connectivity index (χ0) is 28.6. The zero-order valence-electron chi connectivity index (χ0n) is 24.9. The van der Waals surface area contributed by atoms with Gasteiger partial charge >= 0.3 is 0 Å². The Morgan fingerprint density at radius 3 is 0.811 bits per heavy atom. The van der Waals surface area contributed by atoms with Crippen molar-refractivity contribution in [3.8, 4) is 0 Å². The highest BCUT2D eigenvalue weighted by Gasteiger charge is 2.35. The van der Waals surface area contributed by atoms with E-state index < -0.39 is 24.8 Å². The van der Waals surface area contributed by atoms with Gasteiger partial charge in [-0.15, -0.1) is 0 Å². The van der Waals surface area contributed by atoms with Gasteiger partial charge in [-0.3, -0.25) is 0 Å². The van der Waals surface area contributed by atoms with Crippen molar-refractivity contribution >= 4 is 19.7 Å². The third-order valence-electron chi connectivity index (χ3n) is 7.09.